The van der Waals surface area contributed by atoms with Crippen molar-refractivity contribution in [3.63, 3.8) is 0 Å². The van der Waals surface area contributed by atoms with Gasteiger partial charge in [0.1, 0.15) is 5.75 Å². The molecule has 3 heterocycles. The highest BCUT2D eigenvalue weighted by Gasteiger charge is 2.60. The molecule has 3 aliphatic heterocycles. The summed E-state index contributed by atoms with van der Waals surface area (Å²) in [4.78, 5) is 25.8. The number of carbonyl (C=O) groups is 2. The number of carbonyl (C=O) groups excluding carboxylic acids is 2. The number of amides is 1. The van der Waals surface area contributed by atoms with E-state index >= 15 is 0 Å². The minimum Gasteiger partial charge on any atom is -0.423 e. The fourth-order valence-electron chi connectivity index (χ4n) is 4.75. The first-order chi connectivity index (χ1) is 13.2. The molecule has 0 aliphatic carbocycles. The molecule has 3 aliphatic rings. The average Bonchev–Trinajstić information content (AvgIpc) is 3.23. The molecule has 0 spiro atoms. The summed E-state index contributed by atoms with van der Waals surface area (Å²) in [6.07, 6.45) is 4.92. The topological polar surface area (TPSA) is 49.9 Å². The summed E-state index contributed by atoms with van der Waals surface area (Å²) in [5.74, 6) is 0.157. The Balaban J connectivity index is 1.61. The molecule has 0 radical (unpaired) electrons. The summed E-state index contributed by atoms with van der Waals surface area (Å²) in [5, 5.41) is 3.77. The van der Waals surface area contributed by atoms with Crippen LogP contribution in [0.2, 0.25) is 0 Å². The lowest BCUT2D eigenvalue weighted by molar-refractivity contribution is -0.141. The van der Waals surface area contributed by atoms with Gasteiger partial charge in [0.15, 0.2) is 0 Å². The van der Waals surface area contributed by atoms with Crippen LogP contribution < -0.4 is 4.74 Å². The summed E-state index contributed by atoms with van der Waals surface area (Å²) in [5.41, 5.74) is 0.931. The molecule has 5 rings (SSSR count). The van der Waals surface area contributed by atoms with Gasteiger partial charge < -0.3 is 4.74 Å². The molecule has 5 heteroatoms. The number of para-hydroxylation sites is 1. The van der Waals surface area contributed by atoms with Crippen LogP contribution in [0.4, 0.5) is 0 Å². The maximum absolute atomic E-state index is 13.2. The molecule has 0 unspecified atom stereocenters. The molecule has 2 aromatic rings. The lowest BCUT2D eigenvalue weighted by atomic mass is 9.75. The molecule has 5 nitrogen and oxygen atoms in total. The molecule has 27 heavy (non-hydrogen) atoms. The van der Waals surface area contributed by atoms with Gasteiger partial charge in [-0.3, -0.25) is 4.79 Å². The van der Waals surface area contributed by atoms with Crippen molar-refractivity contribution in [2.45, 2.75) is 37.3 Å². The van der Waals surface area contributed by atoms with Gasteiger partial charge in [-0.2, -0.15) is 5.01 Å². The van der Waals surface area contributed by atoms with Crippen molar-refractivity contribution >= 4 is 11.9 Å². The first-order valence-electron chi connectivity index (χ1n) is 9.36. The van der Waals surface area contributed by atoms with Crippen molar-refractivity contribution in [2.24, 2.45) is 0 Å². The van der Waals surface area contributed by atoms with Crippen LogP contribution in [0.5, 0.6) is 5.75 Å². The monoisotopic (exact) mass is 360 g/mol. The second-order valence-electron chi connectivity index (χ2n) is 7.30. The highest BCUT2D eigenvalue weighted by Crippen LogP contribution is 2.53. The van der Waals surface area contributed by atoms with Gasteiger partial charge in [-0.1, -0.05) is 48.5 Å². The van der Waals surface area contributed by atoms with E-state index in [4.69, 9.17) is 4.74 Å². The molecule has 0 saturated carbocycles. The van der Waals surface area contributed by atoms with Gasteiger partial charge in [-0.25, -0.2) is 9.80 Å². The first kappa shape index (κ1) is 16.3. The van der Waals surface area contributed by atoms with Gasteiger partial charge in [0.05, 0.1) is 11.1 Å². The predicted octanol–water partition coefficient (Wildman–Crippen LogP) is 3.39. The lowest BCUT2D eigenvalue weighted by Gasteiger charge is -2.46. The molecule has 2 saturated heterocycles. The highest BCUT2D eigenvalue weighted by atomic mass is 16.5. The van der Waals surface area contributed by atoms with Crippen LogP contribution in [0.1, 0.15) is 31.2 Å². The summed E-state index contributed by atoms with van der Waals surface area (Å²) in [7, 11) is 0. The van der Waals surface area contributed by atoms with E-state index < -0.39 is 11.5 Å². The van der Waals surface area contributed by atoms with Gasteiger partial charge in [0.2, 0.25) is 5.91 Å². The average molecular weight is 360 g/mol. The normalized spacial score (nSPS) is 26.7. The van der Waals surface area contributed by atoms with E-state index in [1.54, 1.807) is 23.3 Å². The summed E-state index contributed by atoms with van der Waals surface area (Å²) in [6, 6.07) is 19.2. The van der Waals surface area contributed by atoms with Gasteiger partial charge in [0, 0.05) is 18.7 Å². The van der Waals surface area contributed by atoms with E-state index in [0.717, 1.165) is 24.8 Å². The highest BCUT2D eigenvalue weighted by molar-refractivity contribution is 5.95. The Labute approximate surface area is 157 Å². The molecular formula is C22H20N2O3. The van der Waals surface area contributed by atoms with Crippen LogP contribution >= 0.6 is 0 Å². The minimum absolute atomic E-state index is 0.0460. The van der Waals surface area contributed by atoms with Crippen molar-refractivity contribution in [1.29, 1.82) is 0 Å². The molecule has 2 fully saturated rings. The number of hydrogen-bond donors (Lipinski definition) is 0. The summed E-state index contributed by atoms with van der Waals surface area (Å²) in [6.45, 7) is 0. The summed E-state index contributed by atoms with van der Waals surface area (Å²) >= 11 is 0. The third kappa shape index (κ3) is 2.35. The fraction of sp³-hybridized carbons (Fsp3) is 0.273. The van der Waals surface area contributed by atoms with Crippen LogP contribution in [0.25, 0.3) is 0 Å². The van der Waals surface area contributed by atoms with E-state index in [-0.39, 0.29) is 11.9 Å². The second-order valence-corrected chi connectivity index (χ2v) is 7.30. The number of esters is 1. The van der Waals surface area contributed by atoms with Crippen molar-refractivity contribution in [1.82, 2.24) is 10.0 Å². The van der Waals surface area contributed by atoms with E-state index in [2.05, 4.69) is 5.01 Å². The standard InChI is InChI=1S/C22H20N2O3/c25-20-14-17-10-7-13-22(16-8-3-1-4-9-16)19(15-23(20)24(17)22)21(26)27-18-11-5-2-6-12-18/h1-6,8-9,11-12,15,17H,7,10,13-14H2/t17-,22-/m0/s1. The molecule has 0 N–H and O–H groups in total. The van der Waals surface area contributed by atoms with Gasteiger partial charge in [-0.15, -0.1) is 0 Å². The predicted molar refractivity (Wildman–Crippen MR) is 99.2 cm³/mol. The number of benzene rings is 2. The van der Waals surface area contributed by atoms with E-state index in [1.807, 2.05) is 48.5 Å². The third-order valence-electron chi connectivity index (χ3n) is 5.83. The largest absolute Gasteiger partial charge is 0.423 e. The number of hydrazine groups is 1. The molecule has 2 atom stereocenters. The van der Waals surface area contributed by atoms with Crippen LogP contribution in [-0.4, -0.2) is 27.9 Å². The number of rotatable bonds is 3. The van der Waals surface area contributed by atoms with Crippen molar-refractivity contribution in [2.75, 3.05) is 0 Å². The number of hydrogen-bond acceptors (Lipinski definition) is 4. The van der Waals surface area contributed by atoms with Crippen LogP contribution in [0.15, 0.2) is 72.4 Å². The van der Waals surface area contributed by atoms with E-state index in [9.17, 15) is 9.59 Å². The Morgan fingerprint density at radius 3 is 2.48 bits per heavy atom. The molecular weight excluding hydrogens is 340 g/mol. The quantitative estimate of drug-likeness (QED) is 0.622. The zero-order chi connectivity index (χ0) is 18.4. The first-order valence-corrected chi connectivity index (χ1v) is 9.36. The molecule has 0 aromatic heterocycles. The number of ether oxygens (including phenoxy) is 1. The maximum Gasteiger partial charge on any atom is 0.343 e. The Morgan fingerprint density at radius 1 is 1.04 bits per heavy atom. The van der Waals surface area contributed by atoms with Gasteiger partial charge in [0.25, 0.3) is 0 Å². The fourth-order valence-corrected chi connectivity index (χ4v) is 4.75. The molecule has 0 bridgehead atoms. The minimum atomic E-state index is -0.637. The molecule has 2 aromatic carbocycles. The second kappa shape index (κ2) is 6.06. The maximum atomic E-state index is 13.2. The van der Waals surface area contributed by atoms with Gasteiger partial charge in [-0.05, 0) is 37.0 Å². The Bertz CT molecular complexity index is 925. The Hall–Kier alpha value is -2.92. The van der Waals surface area contributed by atoms with Crippen LogP contribution in [0.3, 0.4) is 0 Å². The Morgan fingerprint density at radius 2 is 1.74 bits per heavy atom. The SMILES string of the molecule is O=C(Oc1ccccc1)C1=CN2C(=O)C[C@@H]3CCC[C@@]1(c1ccccc1)N32. The van der Waals surface area contributed by atoms with Crippen molar-refractivity contribution in [3.05, 3.63) is 78.0 Å². The van der Waals surface area contributed by atoms with Crippen LogP contribution in [-0.2, 0) is 15.1 Å². The zero-order valence-electron chi connectivity index (χ0n) is 14.9. The van der Waals surface area contributed by atoms with Crippen molar-refractivity contribution < 1.29 is 14.3 Å². The summed E-state index contributed by atoms with van der Waals surface area (Å²) < 4.78 is 5.66. The molecule has 1 amide bonds. The molecule has 136 valence electrons. The lowest BCUT2D eigenvalue weighted by Crippen LogP contribution is -2.54. The van der Waals surface area contributed by atoms with Crippen molar-refractivity contribution in [3.8, 4) is 5.75 Å². The zero-order valence-corrected chi connectivity index (χ0v) is 14.9. The van der Waals surface area contributed by atoms with Crippen LogP contribution in [0, 0.1) is 0 Å². The smallest absolute Gasteiger partial charge is 0.343 e. The third-order valence-corrected chi connectivity index (χ3v) is 5.83. The number of piperidine rings is 1. The number of nitrogens with zero attached hydrogens (tertiary/aromatic N) is 2. The van der Waals surface area contributed by atoms with Gasteiger partial charge >= 0.3 is 5.97 Å². The van der Waals surface area contributed by atoms with E-state index in [1.165, 1.54) is 0 Å². The van der Waals surface area contributed by atoms with E-state index in [0.29, 0.717) is 17.7 Å². The Kier molecular flexibility index (Phi) is 3.65.